The third kappa shape index (κ3) is 4.85. The summed E-state index contributed by atoms with van der Waals surface area (Å²) < 4.78 is 10.4. The Kier molecular flexibility index (Phi) is 5.89. The minimum absolute atomic E-state index is 0.125. The largest absolute Gasteiger partial charge is 0.497 e. The zero-order valence-electron chi connectivity index (χ0n) is 15.1. The molecule has 2 amide bonds. The predicted octanol–water partition coefficient (Wildman–Crippen LogP) is 1.51. The quantitative estimate of drug-likeness (QED) is 0.840. The van der Waals surface area contributed by atoms with E-state index in [1.807, 2.05) is 24.3 Å². The zero-order valence-corrected chi connectivity index (χ0v) is 15.1. The zero-order chi connectivity index (χ0) is 18.6. The number of methoxy groups -OCH3 is 1. The second-order valence-corrected chi connectivity index (χ2v) is 7.01. The highest BCUT2D eigenvalue weighted by atomic mass is 16.6. The van der Waals surface area contributed by atoms with E-state index in [0.717, 1.165) is 11.3 Å². The van der Waals surface area contributed by atoms with Crippen LogP contribution in [0.2, 0.25) is 0 Å². The summed E-state index contributed by atoms with van der Waals surface area (Å²) in [4.78, 5) is 26.3. The topological polar surface area (TPSA) is 88.1 Å². The van der Waals surface area contributed by atoms with Crippen molar-refractivity contribution in [3.05, 3.63) is 29.8 Å². The van der Waals surface area contributed by atoms with Crippen molar-refractivity contribution in [2.24, 2.45) is 0 Å². The highest BCUT2D eigenvalue weighted by Gasteiger charge is 2.42. The Morgan fingerprint density at radius 1 is 1.32 bits per heavy atom. The number of hydrogen-bond acceptors (Lipinski definition) is 5. The summed E-state index contributed by atoms with van der Waals surface area (Å²) in [5.74, 6) is 0.273. The van der Waals surface area contributed by atoms with Gasteiger partial charge in [-0.3, -0.25) is 4.79 Å². The molecule has 1 unspecified atom stereocenters. The summed E-state index contributed by atoms with van der Waals surface area (Å²) in [6.45, 7) is 5.83. The molecule has 0 bridgehead atoms. The molecule has 0 aliphatic carbocycles. The van der Waals surface area contributed by atoms with Gasteiger partial charge in [0.15, 0.2) is 0 Å². The molecule has 1 saturated heterocycles. The van der Waals surface area contributed by atoms with Crippen molar-refractivity contribution in [1.82, 2.24) is 10.2 Å². The van der Waals surface area contributed by atoms with Gasteiger partial charge in [-0.15, -0.1) is 0 Å². The van der Waals surface area contributed by atoms with Gasteiger partial charge in [0.2, 0.25) is 5.91 Å². The van der Waals surface area contributed by atoms with Gasteiger partial charge in [-0.25, -0.2) is 4.79 Å². The molecule has 1 fully saturated rings. The Hall–Kier alpha value is -2.28. The standard InChI is InChI=1S/C18H26N2O5/c1-18(2,3)25-17(23)19-15-14(11-20(9-10-21)16(15)22)12-5-7-13(24-4)8-6-12/h5-8,14-15,21H,9-11H2,1-4H3,(H,19,23)/t14?,15-/m1/s1. The van der Waals surface area contributed by atoms with Crippen molar-refractivity contribution in [3.63, 3.8) is 0 Å². The van der Waals surface area contributed by atoms with E-state index in [9.17, 15) is 9.59 Å². The van der Waals surface area contributed by atoms with Crippen LogP contribution in [0.15, 0.2) is 24.3 Å². The van der Waals surface area contributed by atoms with Crippen LogP contribution in [-0.4, -0.2) is 60.5 Å². The van der Waals surface area contributed by atoms with E-state index in [4.69, 9.17) is 14.6 Å². The second-order valence-electron chi connectivity index (χ2n) is 7.01. The Bertz CT molecular complexity index is 609. The number of nitrogens with one attached hydrogen (secondary N) is 1. The molecule has 0 radical (unpaired) electrons. The van der Waals surface area contributed by atoms with Crippen molar-refractivity contribution in [2.75, 3.05) is 26.8 Å². The molecule has 2 N–H and O–H groups in total. The number of ether oxygens (including phenoxy) is 2. The molecule has 2 atom stereocenters. The molecule has 1 aliphatic heterocycles. The number of aliphatic hydroxyl groups excluding tert-OH is 1. The Balaban J connectivity index is 2.21. The van der Waals surface area contributed by atoms with Crippen LogP contribution in [0, 0.1) is 0 Å². The van der Waals surface area contributed by atoms with E-state index in [-0.39, 0.29) is 25.0 Å². The van der Waals surface area contributed by atoms with Crippen molar-refractivity contribution in [1.29, 1.82) is 0 Å². The van der Waals surface area contributed by atoms with Crippen molar-refractivity contribution >= 4 is 12.0 Å². The lowest BCUT2D eigenvalue weighted by molar-refractivity contribution is -0.129. The number of rotatable bonds is 5. The third-order valence-electron chi connectivity index (χ3n) is 3.98. The average molecular weight is 350 g/mol. The molecule has 2 rings (SSSR count). The van der Waals surface area contributed by atoms with Crippen LogP contribution in [0.5, 0.6) is 5.75 Å². The van der Waals surface area contributed by atoms with Crippen LogP contribution < -0.4 is 10.1 Å². The number of aliphatic hydroxyl groups is 1. The fourth-order valence-corrected chi connectivity index (χ4v) is 2.87. The first-order valence-corrected chi connectivity index (χ1v) is 8.28. The molecule has 0 saturated carbocycles. The Labute approximate surface area is 147 Å². The van der Waals surface area contributed by atoms with Gasteiger partial charge >= 0.3 is 6.09 Å². The molecule has 1 aliphatic rings. The van der Waals surface area contributed by atoms with Gasteiger partial charge in [0, 0.05) is 19.0 Å². The van der Waals surface area contributed by atoms with E-state index in [1.165, 1.54) is 0 Å². The highest BCUT2D eigenvalue weighted by Crippen LogP contribution is 2.30. The number of amides is 2. The first-order chi connectivity index (χ1) is 11.7. The van der Waals surface area contributed by atoms with Crippen LogP contribution in [0.1, 0.15) is 32.3 Å². The SMILES string of the molecule is COc1ccc(C2CN(CCO)C(=O)[C@@H]2NC(=O)OC(C)(C)C)cc1. The number of carbonyl (C=O) groups excluding carboxylic acids is 2. The maximum Gasteiger partial charge on any atom is 0.408 e. The van der Waals surface area contributed by atoms with Gasteiger partial charge in [0.05, 0.1) is 13.7 Å². The van der Waals surface area contributed by atoms with Gasteiger partial charge in [-0.05, 0) is 38.5 Å². The molecule has 1 heterocycles. The summed E-state index contributed by atoms with van der Waals surface area (Å²) in [5.41, 5.74) is 0.266. The van der Waals surface area contributed by atoms with Gasteiger partial charge in [-0.1, -0.05) is 12.1 Å². The molecular weight excluding hydrogens is 324 g/mol. The number of benzene rings is 1. The van der Waals surface area contributed by atoms with E-state index < -0.39 is 17.7 Å². The smallest absolute Gasteiger partial charge is 0.408 e. The van der Waals surface area contributed by atoms with Crippen molar-refractivity contribution in [3.8, 4) is 5.75 Å². The van der Waals surface area contributed by atoms with Crippen molar-refractivity contribution in [2.45, 2.75) is 38.3 Å². The lowest BCUT2D eigenvalue weighted by Crippen LogP contribution is -2.45. The molecular formula is C18H26N2O5. The third-order valence-corrected chi connectivity index (χ3v) is 3.98. The van der Waals surface area contributed by atoms with E-state index >= 15 is 0 Å². The van der Waals surface area contributed by atoms with Crippen LogP contribution >= 0.6 is 0 Å². The maximum absolute atomic E-state index is 12.6. The Morgan fingerprint density at radius 3 is 2.48 bits per heavy atom. The number of likely N-dealkylation sites (tertiary alicyclic amines) is 1. The molecule has 7 nitrogen and oxygen atoms in total. The van der Waals surface area contributed by atoms with Crippen LogP contribution in [0.3, 0.4) is 0 Å². The summed E-state index contributed by atoms with van der Waals surface area (Å²) in [6.07, 6.45) is -0.629. The molecule has 7 heteroatoms. The molecule has 25 heavy (non-hydrogen) atoms. The van der Waals surface area contributed by atoms with Gasteiger partial charge < -0.3 is 24.8 Å². The summed E-state index contributed by atoms with van der Waals surface area (Å²) >= 11 is 0. The first-order valence-electron chi connectivity index (χ1n) is 8.28. The fourth-order valence-electron chi connectivity index (χ4n) is 2.87. The summed E-state index contributed by atoms with van der Waals surface area (Å²) in [6, 6.07) is 6.67. The van der Waals surface area contributed by atoms with Crippen LogP contribution in [0.4, 0.5) is 4.79 Å². The summed E-state index contributed by atoms with van der Waals surface area (Å²) in [7, 11) is 1.59. The number of hydrogen-bond donors (Lipinski definition) is 2. The molecule has 138 valence electrons. The lowest BCUT2D eigenvalue weighted by atomic mass is 9.94. The fraction of sp³-hybridized carbons (Fsp3) is 0.556. The highest BCUT2D eigenvalue weighted by molar-refractivity contribution is 5.89. The Morgan fingerprint density at radius 2 is 1.96 bits per heavy atom. The van der Waals surface area contributed by atoms with Crippen LogP contribution in [-0.2, 0) is 9.53 Å². The monoisotopic (exact) mass is 350 g/mol. The van der Waals surface area contributed by atoms with Gasteiger partial charge in [0.1, 0.15) is 17.4 Å². The minimum atomic E-state index is -0.727. The first kappa shape index (κ1) is 19.1. The number of nitrogens with zero attached hydrogens (tertiary/aromatic N) is 1. The molecule has 1 aromatic rings. The molecule has 0 spiro atoms. The van der Waals surface area contributed by atoms with E-state index in [0.29, 0.717) is 6.54 Å². The molecule has 0 aromatic heterocycles. The predicted molar refractivity (Wildman–Crippen MR) is 92.6 cm³/mol. The number of β-amino-alcohol motifs (C(OH)–C–C–N with tert-alkyl or cyclic N) is 1. The van der Waals surface area contributed by atoms with Crippen LogP contribution in [0.25, 0.3) is 0 Å². The van der Waals surface area contributed by atoms with E-state index in [1.54, 1.807) is 32.8 Å². The molecule has 1 aromatic carbocycles. The van der Waals surface area contributed by atoms with Gasteiger partial charge in [-0.2, -0.15) is 0 Å². The average Bonchev–Trinajstić information content (AvgIpc) is 2.83. The maximum atomic E-state index is 12.6. The van der Waals surface area contributed by atoms with Gasteiger partial charge in [0.25, 0.3) is 0 Å². The second kappa shape index (κ2) is 7.74. The normalized spacial score (nSPS) is 20.5. The minimum Gasteiger partial charge on any atom is -0.497 e. The number of carbonyl (C=O) groups is 2. The van der Waals surface area contributed by atoms with E-state index in [2.05, 4.69) is 5.32 Å². The summed E-state index contributed by atoms with van der Waals surface area (Å²) in [5, 5.41) is 11.9. The van der Waals surface area contributed by atoms with Crippen molar-refractivity contribution < 1.29 is 24.2 Å². The lowest BCUT2D eigenvalue weighted by Gasteiger charge is -2.23. The number of alkyl carbamates (subject to hydrolysis) is 1.